The number of nitrogens with zero attached hydrogens (tertiary/aromatic N) is 1. The quantitative estimate of drug-likeness (QED) is 0.927. The van der Waals surface area contributed by atoms with E-state index in [4.69, 9.17) is 0 Å². The number of alkyl halides is 1. The summed E-state index contributed by atoms with van der Waals surface area (Å²) >= 11 is 1.46. The van der Waals surface area contributed by atoms with E-state index in [9.17, 15) is 14.0 Å². The van der Waals surface area contributed by atoms with Crippen molar-refractivity contribution in [2.24, 2.45) is 0 Å². The number of halogens is 1. The van der Waals surface area contributed by atoms with Gasteiger partial charge in [0.2, 0.25) is 0 Å². The molecule has 3 rings (SSSR count). The van der Waals surface area contributed by atoms with Gasteiger partial charge in [-0.05, 0) is 24.3 Å². The molecule has 0 atom stereocenters. The summed E-state index contributed by atoms with van der Waals surface area (Å²) in [5, 5.41) is 6.36. The van der Waals surface area contributed by atoms with Crippen LogP contribution in [0.25, 0.3) is 0 Å². The number of hydrogen-bond donors (Lipinski definition) is 1. The van der Waals surface area contributed by atoms with E-state index in [0.717, 1.165) is 12.8 Å². The van der Waals surface area contributed by atoms with Gasteiger partial charge in [-0.2, -0.15) is 11.3 Å². The van der Waals surface area contributed by atoms with Gasteiger partial charge in [0.25, 0.3) is 11.8 Å². The van der Waals surface area contributed by atoms with Gasteiger partial charge in [-0.1, -0.05) is 0 Å². The summed E-state index contributed by atoms with van der Waals surface area (Å²) in [6, 6.07) is 1.94. The molecule has 6 heteroatoms. The first-order chi connectivity index (χ1) is 9.58. The number of likely N-dealkylation sites (tertiary alicyclic amines) is 1. The molecule has 4 nitrogen and oxygen atoms in total. The lowest BCUT2D eigenvalue weighted by Gasteiger charge is -2.35. The fourth-order valence-corrected chi connectivity index (χ4v) is 3.03. The maximum Gasteiger partial charge on any atom is 0.258 e. The monoisotopic (exact) mass is 296 g/mol. The van der Waals surface area contributed by atoms with Crippen molar-refractivity contribution in [2.75, 3.05) is 13.1 Å². The number of amides is 2. The molecule has 0 bridgehead atoms. The number of piperidine rings is 1. The average molecular weight is 296 g/mol. The standard InChI is InChI=1S/C14H17FN2O2S/c15-14(13(19)16-11-1-2-11)4-6-17(7-5-14)12(18)10-3-8-20-9-10/h3,8-9,11H,1-2,4-7H2,(H,16,19). The second-order valence-electron chi connectivity index (χ2n) is 5.52. The van der Waals surface area contributed by atoms with E-state index >= 15 is 0 Å². The number of carbonyl (C=O) groups excluding carboxylic acids is 2. The number of carbonyl (C=O) groups is 2. The minimum Gasteiger partial charge on any atom is -0.351 e. The fraction of sp³-hybridized carbons (Fsp3) is 0.571. The molecule has 1 aliphatic heterocycles. The van der Waals surface area contributed by atoms with Crippen molar-refractivity contribution in [3.8, 4) is 0 Å². The zero-order valence-corrected chi connectivity index (χ0v) is 11.9. The molecule has 20 heavy (non-hydrogen) atoms. The van der Waals surface area contributed by atoms with Gasteiger partial charge in [0.1, 0.15) is 0 Å². The summed E-state index contributed by atoms with van der Waals surface area (Å²) in [5.74, 6) is -0.571. The first-order valence-corrected chi connectivity index (χ1v) is 7.84. The topological polar surface area (TPSA) is 49.4 Å². The number of thiophene rings is 1. The third-order valence-electron chi connectivity index (χ3n) is 3.93. The summed E-state index contributed by atoms with van der Waals surface area (Å²) in [6.07, 6.45) is 2.07. The summed E-state index contributed by atoms with van der Waals surface area (Å²) in [4.78, 5) is 25.7. The Labute approximate surface area is 121 Å². The molecule has 0 unspecified atom stereocenters. The molecule has 1 aliphatic carbocycles. The highest BCUT2D eigenvalue weighted by atomic mass is 32.1. The maximum atomic E-state index is 14.6. The van der Waals surface area contributed by atoms with E-state index in [1.165, 1.54) is 11.3 Å². The highest BCUT2D eigenvalue weighted by molar-refractivity contribution is 7.08. The van der Waals surface area contributed by atoms with Crippen molar-refractivity contribution < 1.29 is 14.0 Å². The second kappa shape index (κ2) is 5.16. The molecule has 1 aromatic rings. The molecule has 0 radical (unpaired) electrons. The van der Waals surface area contributed by atoms with Crippen LogP contribution in [0, 0.1) is 0 Å². The molecule has 1 saturated heterocycles. The Morgan fingerprint density at radius 2 is 2.05 bits per heavy atom. The minimum absolute atomic E-state index is 0.0732. The maximum absolute atomic E-state index is 14.6. The summed E-state index contributed by atoms with van der Waals surface area (Å²) in [5.41, 5.74) is -1.17. The molecule has 1 N–H and O–H groups in total. The van der Waals surface area contributed by atoms with E-state index in [1.807, 2.05) is 5.38 Å². The molecule has 0 aromatic carbocycles. The van der Waals surface area contributed by atoms with Crippen molar-refractivity contribution in [1.29, 1.82) is 0 Å². The van der Waals surface area contributed by atoms with Crippen LogP contribution in [0.15, 0.2) is 16.8 Å². The molecular weight excluding hydrogens is 279 g/mol. The smallest absolute Gasteiger partial charge is 0.258 e. The van der Waals surface area contributed by atoms with Gasteiger partial charge < -0.3 is 10.2 Å². The molecule has 0 spiro atoms. The lowest BCUT2D eigenvalue weighted by atomic mass is 9.92. The van der Waals surface area contributed by atoms with Crippen molar-refractivity contribution in [2.45, 2.75) is 37.4 Å². The van der Waals surface area contributed by atoms with Crippen LogP contribution in [-0.4, -0.2) is 41.5 Å². The van der Waals surface area contributed by atoms with Gasteiger partial charge in [0.05, 0.1) is 5.56 Å². The number of nitrogens with one attached hydrogen (secondary N) is 1. The van der Waals surface area contributed by atoms with Crippen molar-refractivity contribution in [3.63, 3.8) is 0 Å². The molecule has 2 heterocycles. The van der Waals surface area contributed by atoms with E-state index in [2.05, 4.69) is 5.32 Å². The third kappa shape index (κ3) is 2.70. The van der Waals surface area contributed by atoms with Gasteiger partial charge in [0, 0.05) is 37.4 Å². The highest BCUT2D eigenvalue weighted by Crippen LogP contribution is 2.29. The van der Waals surface area contributed by atoms with E-state index in [0.29, 0.717) is 18.7 Å². The Bertz CT molecular complexity index is 505. The van der Waals surface area contributed by atoms with Gasteiger partial charge in [0.15, 0.2) is 5.67 Å². The van der Waals surface area contributed by atoms with Crippen LogP contribution in [-0.2, 0) is 4.79 Å². The fourth-order valence-electron chi connectivity index (χ4n) is 2.40. The van der Waals surface area contributed by atoms with Crippen molar-refractivity contribution in [1.82, 2.24) is 10.2 Å². The zero-order chi connectivity index (χ0) is 14.2. The lowest BCUT2D eigenvalue weighted by Crippen LogP contribution is -2.52. The van der Waals surface area contributed by atoms with Gasteiger partial charge in [-0.15, -0.1) is 0 Å². The largest absolute Gasteiger partial charge is 0.351 e. The Morgan fingerprint density at radius 3 is 2.60 bits per heavy atom. The van der Waals surface area contributed by atoms with Crippen molar-refractivity contribution in [3.05, 3.63) is 22.4 Å². The van der Waals surface area contributed by atoms with Crippen molar-refractivity contribution >= 4 is 23.2 Å². The lowest BCUT2D eigenvalue weighted by molar-refractivity contribution is -0.135. The SMILES string of the molecule is O=C(c1ccsc1)N1CCC(F)(C(=O)NC2CC2)CC1. The summed E-state index contributed by atoms with van der Waals surface area (Å²) < 4.78 is 14.6. The molecule has 1 aromatic heterocycles. The molecular formula is C14H17FN2O2S. The molecule has 2 amide bonds. The van der Waals surface area contributed by atoms with Crippen LogP contribution in [0.4, 0.5) is 4.39 Å². The van der Waals surface area contributed by atoms with Crippen LogP contribution in [0.2, 0.25) is 0 Å². The Balaban J connectivity index is 1.58. The van der Waals surface area contributed by atoms with Gasteiger partial charge in [-0.25, -0.2) is 4.39 Å². The van der Waals surface area contributed by atoms with Crippen LogP contribution in [0.1, 0.15) is 36.0 Å². The van der Waals surface area contributed by atoms with Crippen LogP contribution < -0.4 is 5.32 Å². The Hall–Kier alpha value is -1.43. The van der Waals surface area contributed by atoms with Gasteiger partial charge in [-0.3, -0.25) is 9.59 Å². The molecule has 2 fully saturated rings. The van der Waals surface area contributed by atoms with E-state index in [-0.39, 0.29) is 24.8 Å². The molecule has 108 valence electrons. The van der Waals surface area contributed by atoms with Crippen LogP contribution in [0.5, 0.6) is 0 Å². The highest BCUT2D eigenvalue weighted by Gasteiger charge is 2.44. The average Bonchev–Trinajstić information content (AvgIpc) is 3.09. The number of hydrogen-bond acceptors (Lipinski definition) is 3. The first kappa shape index (κ1) is 13.5. The molecule has 2 aliphatic rings. The predicted molar refractivity (Wildman–Crippen MR) is 74.5 cm³/mol. The summed E-state index contributed by atoms with van der Waals surface area (Å²) in [7, 11) is 0. The third-order valence-corrected chi connectivity index (χ3v) is 4.61. The number of rotatable bonds is 3. The molecule has 1 saturated carbocycles. The Morgan fingerprint density at radius 1 is 1.35 bits per heavy atom. The predicted octanol–water partition coefficient (Wildman–Crippen LogP) is 1.97. The van der Waals surface area contributed by atoms with Gasteiger partial charge >= 0.3 is 0 Å². The Kier molecular flexibility index (Phi) is 3.50. The normalized spacial score (nSPS) is 21.6. The van der Waals surface area contributed by atoms with Crippen LogP contribution >= 0.6 is 11.3 Å². The second-order valence-corrected chi connectivity index (χ2v) is 6.30. The zero-order valence-electron chi connectivity index (χ0n) is 11.1. The minimum atomic E-state index is -1.81. The van der Waals surface area contributed by atoms with E-state index in [1.54, 1.807) is 16.3 Å². The first-order valence-electron chi connectivity index (χ1n) is 6.90. The summed E-state index contributed by atoms with van der Waals surface area (Å²) in [6.45, 7) is 0.590. The van der Waals surface area contributed by atoms with E-state index < -0.39 is 11.6 Å². The van der Waals surface area contributed by atoms with Crippen LogP contribution in [0.3, 0.4) is 0 Å².